The van der Waals surface area contributed by atoms with E-state index < -0.39 is 0 Å². The van der Waals surface area contributed by atoms with Crippen molar-refractivity contribution in [2.24, 2.45) is 5.92 Å². The van der Waals surface area contributed by atoms with E-state index in [4.69, 9.17) is 9.15 Å². The predicted octanol–water partition coefficient (Wildman–Crippen LogP) is 2.84. The molecule has 3 aromatic rings. The first-order valence-electron chi connectivity index (χ1n) is 10.1. The topological polar surface area (TPSA) is 66.7 Å². The number of hydrazine groups is 1. The number of rotatable bonds is 4. The van der Waals surface area contributed by atoms with Gasteiger partial charge in [-0.15, -0.1) is 0 Å². The van der Waals surface area contributed by atoms with E-state index in [-0.39, 0.29) is 17.2 Å². The Morgan fingerprint density at radius 3 is 2.90 bits per heavy atom. The summed E-state index contributed by atoms with van der Waals surface area (Å²) >= 11 is 0. The molecule has 29 heavy (non-hydrogen) atoms. The lowest BCUT2D eigenvalue weighted by atomic mass is 9.83. The summed E-state index contributed by atoms with van der Waals surface area (Å²) in [6, 6.07) is 17.3. The van der Waals surface area contributed by atoms with Crippen LogP contribution >= 0.6 is 0 Å². The van der Waals surface area contributed by atoms with Gasteiger partial charge in [-0.3, -0.25) is 15.1 Å². The maximum Gasteiger partial charge on any atom is 0.227 e. The molecule has 0 bridgehead atoms. The minimum Gasteiger partial charge on any atom is -0.490 e. The lowest BCUT2D eigenvalue weighted by molar-refractivity contribution is 0.138. The Balaban J connectivity index is 1.37. The van der Waals surface area contributed by atoms with E-state index in [0.29, 0.717) is 24.3 Å². The van der Waals surface area contributed by atoms with Crippen molar-refractivity contribution in [3.8, 4) is 5.75 Å². The van der Waals surface area contributed by atoms with Crippen molar-refractivity contribution in [2.45, 2.75) is 25.0 Å². The zero-order chi connectivity index (χ0) is 19.8. The average Bonchev–Trinajstić information content (AvgIpc) is 3.16. The first kappa shape index (κ1) is 18.4. The van der Waals surface area contributed by atoms with Crippen molar-refractivity contribution in [3.05, 3.63) is 76.3 Å². The third-order valence-corrected chi connectivity index (χ3v) is 6.20. The van der Waals surface area contributed by atoms with Gasteiger partial charge in [0.15, 0.2) is 0 Å². The molecule has 0 radical (unpaired) electrons. The van der Waals surface area contributed by atoms with E-state index in [9.17, 15) is 4.79 Å². The number of ether oxygens (including phenoxy) is 1. The molecule has 0 spiro atoms. The zero-order valence-corrected chi connectivity index (χ0v) is 16.4. The molecule has 0 saturated carbocycles. The molecule has 2 aliphatic rings. The van der Waals surface area contributed by atoms with Gasteiger partial charge in [-0.2, -0.15) is 0 Å². The van der Waals surface area contributed by atoms with Crippen LogP contribution in [-0.4, -0.2) is 31.1 Å². The van der Waals surface area contributed by atoms with Gasteiger partial charge in [0.25, 0.3) is 0 Å². The fourth-order valence-electron chi connectivity index (χ4n) is 4.74. The molecule has 0 amide bonds. The van der Waals surface area contributed by atoms with Crippen molar-refractivity contribution in [3.63, 3.8) is 0 Å². The van der Waals surface area contributed by atoms with Crippen LogP contribution in [0.1, 0.15) is 23.8 Å². The van der Waals surface area contributed by atoms with Gasteiger partial charge in [-0.05, 0) is 22.8 Å². The molecule has 150 valence electrons. The van der Waals surface area contributed by atoms with E-state index in [2.05, 4.69) is 58.2 Å². The molecule has 2 saturated heterocycles. The normalized spacial score (nSPS) is 24.5. The Labute approximate surface area is 169 Å². The lowest BCUT2D eigenvalue weighted by Crippen LogP contribution is -2.45. The summed E-state index contributed by atoms with van der Waals surface area (Å²) in [6.07, 6.45) is 2.46. The Bertz CT molecular complexity index is 1070. The van der Waals surface area contributed by atoms with Gasteiger partial charge in [-0.1, -0.05) is 42.5 Å². The second-order valence-corrected chi connectivity index (χ2v) is 7.91. The van der Waals surface area contributed by atoms with Crippen LogP contribution in [-0.2, 0) is 6.54 Å². The standard InChI is InChI=1S/C23H25N3O3/c1-28-22-14-29-16(11-21(22)27)12-26-10-9-20-19(13-26)23(25-24-20)18-8-4-6-15-5-2-3-7-17(15)18/h2-8,11,14,19-20,23-25H,9-10,12-13H2,1H3. The summed E-state index contributed by atoms with van der Waals surface area (Å²) in [5.74, 6) is 1.36. The Morgan fingerprint density at radius 1 is 1.17 bits per heavy atom. The molecule has 0 aliphatic carbocycles. The highest BCUT2D eigenvalue weighted by Crippen LogP contribution is 2.37. The van der Waals surface area contributed by atoms with Crippen molar-refractivity contribution in [1.29, 1.82) is 0 Å². The fraction of sp³-hybridized carbons (Fsp3) is 0.348. The van der Waals surface area contributed by atoms with Crippen LogP contribution in [0.15, 0.2) is 64.0 Å². The molecule has 2 aliphatic heterocycles. The second-order valence-electron chi connectivity index (χ2n) is 7.91. The van der Waals surface area contributed by atoms with Gasteiger partial charge in [0, 0.05) is 31.1 Å². The smallest absolute Gasteiger partial charge is 0.227 e. The van der Waals surface area contributed by atoms with Crippen molar-refractivity contribution < 1.29 is 9.15 Å². The van der Waals surface area contributed by atoms with Gasteiger partial charge in [0.1, 0.15) is 12.0 Å². The predicted molar refractivity (Wildman–Crippen MR) is 112 cm³/mol. The summed E-state index contributed by atoms with van der Waals surface area (Å²) in [6.45, 7) is 2.53. The minimum absolute atomic E-state index is 0.138. The third kappa shape index (κ3) is 3.44. The molecular weight excluding hydrogens is 366 g/mol. The van der Waals surface area contributed by atoms with Crippen molar-refractivity contribution in [1.82, 2.24) is 15.8 Å². The van der Waals surface area contributed by atoms with Gasteiger partial charge in [0.2, 0.25) is 11.2 Å². The molecule has 2 fully saturated rings. The summed E-state index contributed by atoms with van der Waals surface area (Å²) in [4.78, 5) is 14.4. The van der Waals surface area contributed by atoms with Crippen LogP contribution in [0.5, 0.6) is 5.75 Å². The number of piperidine rings is 1. The van der Waals surface area contributed by atoms with Crippen LogP contribution in [0, 0.1) is 5.92 Å². The van der Waals surface area contributed by atoms with Crippen molar-refractivity contribution in [2.75, 3.05) is 20.2 Å². The molecule has 1 aromatic heterocycles. The Morgan fingerprint density at radius 2 is 2.03 bits per heavy atom. The maximum absolute atomic E-state index is 12.0. The lowest BCUT2D eigenvalue weighted by Gasteiger charge is -2.36. The van der Waals surface area contributed by atoms with E-state index in [1.807, 2.05) is 0 Å². The van der Waals surface area contributed by atoms with Crippen LogP contribution in [0.4, 0.5) is 0 Å². The fourth-order valence-corrected chi connectivity index (χ4v) is 4.74. The highest BCUT2D eigenvalue weighted by molar-refractivity contribution is 5.86. The SMILES string of the molecule is COc1coc(CN2CCC3NNC(c4cccc5ccccc45)C3C2)cc1=O. The van der Waals surface area contributed by atoms with Crippen LogP contribution in [0.2, 0.25) is 0 Å². The van der Waals surface area contributed by atoms with E-state index >= 15 is 0 Å². The number of nitrogens with one attached hydrogen (secondary N) is 2. The van der Waals surface area contributed by atoms with Gasteiger partial charge in [-0.25, -0.2) is 5.43 Å². The average molecular weight is 391 g/mol. The third-order valence-electron chi connectivity index (χ3n) is 6.20. The molecule has 3 heterocycles. The highest BCUT2D eigenvalue weighted by Gasteiger charge is 2.40. The molecule has 3 unspecified atom stereocenters. The van der Waals surface area contributed by atoms with Crippen LogP contribution in [0.25, 0.3) is 10.8 Å². The number of benzene rings is 2. The molecule has 6 heteroatoms. The van der Waals surface area contributed by atoms with Gasteiger partial charge in [0.05, 0.1) is 19.7 Å². The first-order valence-corrected chi connectivity index (χ1v) is 10.1. The maximum atomic E-state index is 12.0. The van der Waals surface area contributed by atoms with Crippen molar-refractivity contribution >= 4 is 10.8 Å². The quantitative estimate of drug-likeness (QED) is 0.713. The summed E-state index contributed by atoms with van der Waals surface area (Å²) in [5, 5.41) is 2.57. The molecular formula is C23H25N3O3. The summed E-state index contributed by atoms with van der Waals surface area (Å²) in [5.41, 5.74) is 8.26. The number of nitrogens with zero attached hydrogens (tertiary/aromatic N) is 1. The number of methoxy groups -OCH3 is 1. The monoisotopic (exact) mass is 391 g/mol. The van der Waals surface area contributed by atoms with E-state index in [1.54, 1.807) is 0 Å². The number of hydrogen-bond acceptors (Lipinski definition) is 6. The first-order chi connectivity index (χ1) is 14.2. The zero-order valence-electron chi connectivity index (χ0n) is 16.4. The van der Waals surface area contributed by atoms with Gasteiger partial charge >= 0.3 is 0 Å². The summed E-state index contributed by atoms with van der Waals surface area (Å²) < 4.78 is 10.6. The van der Waals surface area contributed by atoms with Gasteiger partial charge < -0.3 is 9.15 Å². The van der Waals surface area contributed by atoms with Crippen LogP contribution < -0.4 is 21.0 Å². The minimum atomic E-state index is -0.138. The number of fused-ring (bicyclic) bond motifs is 2. The highest BCUT2D eigenvalue weighted by atomic mass is 16.5. The number of hydrogen-bond donors (Lipinski definition) is 2. The van der Waals surface area contributed by atoms with Crippen LogP contribution in [0.3, 0.4) is 0 Å². The number of likely N-dealkylation sites (tertiary alicyclic amines) is 1. The molecule has 3 atom stereocenters. The Hall–Kier alpha value is -2.67. The molecule has 2 aromatic carbocycles. The Kier molecular flexibility index (Phi) is 4.83. The van der Waals surface area contributed by atoms with E-state index in [0.717, 1.165) is 19.5 Å². The summed E-state index contributed by atoms with van der Waals surface area (Å²) in [7, 11) is 1.48. The second kappa shape index (κ2) is 7.63. The largest absolute Gasteiger partial charge is 0.490 e. The molecule has 6 nitrogen and oxygen atoms in total. The molecule has 2 N–H and O–H groups in total. The van der Waals surface area contributed by atoms with E-state index in [1.165, 1.54) is 35.8 Å². The molecule has 5 rings (SSSR count).